The number of nitrogen functional groups attached to an aromatic ring is 1. The summed E-state index contributed by atoms with van der Waals surface area (Å²) in [5.41, 5.74) is 13.9. The number of halogens is 2. The molecule has 0 saturated carbocycles. The lowest BCUT2D eigenvalue weighted by atomic mass is 10.1. The summed E-state index contributed by atoms with van der Waals surface area (Å²) in [6.45, 7) is 0.687. The van der Waals surface area contributed by atoms with Crippen molar-refractivity contribution in [3.63, 3.8) is 0 Å². The second kappa shape index (κ2) is 7.15. The Hall–Kier alpha value is -3.08. The Labute approximate surface area is 158 Å². The largest absolute Gasteiger partial charge is 0.382 e. The van der Waals surface area contributed by atoms with Crippen LogP contribution < -0.4 is 21.9 Å². The topological polar surface area (TPSA) is 120 Å². The third-order valence-electron chi connectivity index (χ3n) is 4.80. The van der Waals surface area contributed by atoms with Crippen LogP contribution in [0.3, 0.4) is 0 Å². The smallest absolute Gasteiger partial charge is 0.266 e. The molecule has 28 heavy (non-hydrogen) atoms. The molecule has 0 aliphatic carbocycles. The molecular weight excluding hydrogens is 370 g/mol. The predicted octanol–water partition coefficient (Wildman–Crippen LogP) is 0.728. The highest BCUT2D eigenvalue weighted by Gasteiger charge is 2.24. The van der Waals surface area contributed by atoms with Gasteiger partial charge in [0.15, 0.2) is 5.82 Å². The van der Waals surface area contributed by atoms with Crippen molar-refractivity contribution in [3.05, 3.63) is 34.9 Å². The van der Waals surface area contributed by atoms with E-state index in [-0.39, 0.29) is 11.9 Å². The van der Waals surface area contributed by atoms with Crippen molar-refractivity contribution in [2.45, 2.75) is 31.9 Å². The van der Waals surface area contributed by atoms with Crippen LogP contribution in [0.1, 0.15) is 12.8 Å². The molecule has 1 fully saturated rings. The van der Waals surface area contributed by atoms with Gasteiger partial charge in [0.25, 0.3) is 12.0 Å². The fourth-order valence-electron chi connectivity index (χ4n) is 3.55. The summed E-state index contributed by atoms with van der Waals surface area (Å²) in [6, 6.07) is 4.57. The molecule has 4 rings (SSSR count). The van der Waals surface area contributed by atoms with Gasteiger partial charge in [0.05, 0.1) is 11.4 Å². The first-order valence-corrected chi connectivity index (χ1v) is 8.93. The second-order valence-electron chi connectivity index (χ2n) is 6.80. The van der Waals surface area contributed by atoms with Crippen LogP contribution in [-0.4, -0.2) is 49.9 Å². The van der Waals surface area contributed by atoms with Gasteiger partial charge in [-0.3, -0.25) is 4.79 Å². The number of aromatic nitrogens is 5. The van der Waals surface area contributed by atoms with Crippen molar-refractivity contribution < 1.29 is 8.78 Å². The fourth-order valence-corrected chi connectivity index (χ4v) is 3.55. The van der Waals surface area contributed by atoms with Gasteiger partial charge in [-0.1, -0.05) is 0 Å². The number of hydrogen-bond donors (Lipinski definition) is 2. The Morgan fingerprint density at radius 2 is 2.14 bits per heavy atom. The van der Waals surface area contributed by atoms with Crippen LogP contribution in [0.4, 0.5) is 20.3 Å². The van der Waals surface area contributed by atoms with E-state index in [1.807, 2.05) is 6.07 Å². The maximum atomic E-state index is 12.8. The minimum atomic E-state index is -2.69. The van der Waals surface area contributed by atoms with Crippen molar-refractivity contribution in [2.24, 2.45) is 5.73 Å². The Morgan fingerprint density at radius 3 is 2.89 bits per heavy atom. The lowest BCUT2D eigenvalue weighted by Crippen LogP contribution is -2.42. The Morgan fingerprint density at radius 1 is 1.32 bits per heavy atom. The summed E-state index contributed by atoms with van der Waals surface area (Å²) in [4.78, 5) is 18.0. The quantitative estimate of drug-likeness (QED) is 0.674. The number of rotatable bonds is 4. The average Bonchev–Trinajstić information content (AvgIpc) is 3.04. The summed E-state index contributed by atoms with van der Waals surface area (Å²) in [7, 11) is 0. The van der Waals surface area contributed by atoms with Crippen LogP contribution in [0.15, 0.2) is 29.3 Å². The summed E-state index contributed by atoms with van der Waals surface area (Å²) in [6.07, 6.45) is 0.514. The zero-order valence-electron chi connectivity index (χ0n) is 15.0. The SMILES string of the molecule is Nc1ncnn2c(-c3ccc(=O)n(CC(F)F)n3)cc(N3CCC[C@@H](N)C3)c12. The molecule has 1 aliphatic rings. The number of nitrogens with zero attached hydrogens (tertiary/aromatic N) is 6. The van der Waals surface area contributed by atoms with Gasteiger partial charge in [0.2, 0.25) is 0 Å². The Balaban J connectivity index is 1.87. The zero-order valence-corrected chi connectivity index (χ0v) is 15.0. The van der Waals surface area contributed by atoms with Crippen molar-refractivity contribution >= 4 is 17.0 Å². The normalized spacial score (nSPS) is 17.6. The standard InChI is InChI=1S/C17H20F2N8O/c18-14(19)8-26-15(28)4-3-11(24-26)12-6-13(25-5-1-2-10(20)7-25)16-17(21)22-9-23-27(12)16/h3-4,6,9-10,14H,1-2,5,7-8,20H2,(H2,21,22,23)/t10-/m1/s1. The van der Waals surface area contributed by atoms with Crippen LogP contribution in [0.2, 0.25) is 0 Å². The molecule has 1 atom stereocenters. The molecule has 0 unspecified atom stereocenters. The molecule has 4 heterocycles. The molecule has 3 aromatic rings. The second-order valence-corrected chi connectivity index (χ2v) is 6.80. The number of fused-ring (bicyclic) bond motifs is 1. The van der Waals surface area contributed by atoms with E-state index < -0.39 is 18.5 Å². The molecule has 0 amide bonds. The first-order valence-electron chi connectivity index (χ1n) is 8.93. The van der Waals surface area contributed by atoms with Gasteiger partial charge in [-0.15, -0.1) is 0 Å². The zero-order chi connectivity index (χ0) is 19.8. The van der Waals surface area contributed by atoms with Crippen molar-refractivity contribution in [2.75, 3.05) is 23.7 Å². The molecular formula is C17H20F2N8O. The number of piperidine rings is 1. The molecule has 1 saturated heterocycles. The van der Waals surface area contributed by atoms with Crippen molar-refractivity contribution in [1.29, 1.82) is 0 Å². The highest BCUT2D eigenvalue weighted by Crippen LogP contribution is 2.34. The molecule has 148 valence electrons. The van der Waals surface area contributed by atoms with Gasteiger partial charge >= 0.3 is 0 Å². The lowest BCUT2D eigenvalue weighted by Gasteiger charge is -2.32. The number of hydrogen-bond acceptors (Lipinski definition) is 7. The lowest BCUT2D eigenvalue weighted by molar-refractivity contribution is 0.120. The predicted molar refractivity (Wildman–Crippen MR) is 100 cm³/mol. The molecule has 3 aromatic heterocycles. The van der Waals surface area contributed by atoms with Gasteiger partial charge < -0.3 is 16.4 Å². The molecule has 0 radical (unpaired) electrons. The number of alkyl halides is 2. The van der Waals surface area contributed by atoms with Gasteiger partial charge in [-0.25, -0.2) is 23.0 Å². The van der Waals surface area contributed by atoms with Gasteiger partial charge in [0, 0.05) is 25.2 Å². The van der Waals surface area contributed by atoms with E-state index in [9.17, 15) is 13.6 Å². The van der Waals surface area contributed by atoms with E-state index in [4.69, 9.17) is 11.5 Å². The van der Waals surface area contributed by atoms with E-state index >= 15 is 0 Å². The highest BCUT2D eigenvalue weighted by atomic mass is 19.3. The first kappa shape index (κ1) is 18.3. The molecule has 11 heteroatoms. The van der Waals surface area contributed by atoms with Crippen LogP contribution in [-0.2, 0) is 6.54 Å². The minimum absolute atomic E-state index is 0.0454. The molecule has 0 bridgehead atoms. The number of anilines is 2. The van der Waals surface area contributed by atoms with E-state index in [0.717, 1.165) is 29.8 Å². The monoisotopic (exact) mass is 390 g/mol. The van der Waals surface area contributed by atoms with Crippen LogP contribution >= 0.6 is 0 Å². The van der Waals surface area contributed by atoms with Crippen molar-refractivity contribution in [1.82, 2.24) is 24.4 Å². The summed E-state index contributed by atoms with van der Waals surface area (Å²) in [5.74, 6) is 0.288. The van der Waals surface area contributed by atoms with Crippen LogP contribution in [0.25, 0.3) is 16.9 Å². The van der Waals surface area contributed by atoms with Crippen molar-refractivity contribution in [3.8, 4) is 11.4 Å². The maximum Gasteiger partial charge on any atom is 0.266 e. The van der Waals surface area contributed by atoms with Crippen LogP contribution in [0.5, 0.6) is 0 Å². The van der Waals surface area contributed by atoms with E-state index in [0.29, 0.717) is 23.4 Å². The number of nitrogens with two attached hydrogens (primary N) is 2. The molecule has 0 aromatic carbocycles. The maximum absolute atomic E-state index is 12.8. The average molecular weight is 390 g/mol. The summed E-state index contributed by atoms with van der Waals surface area (Å²) in [5, 5.41) is 8.35. The summed E-state index contributed by atoms with van der Waals surface area (Å²) < 4.78 is 27.8. The molecule has 1 aliphatic heterocycles. The highest BCUT2D eigenvalue weighted by molar-refractivity contribution is 5.88. The van der Waals surface area contributed by atoms with Crippen LogP contribution in [0, 0.1) is 0 Å². The van der Waals surface area contributed by atoms with E-state index in [1.165, 1.54) is 18.5 Å². The minimum Gasteiger partial charge on any atom is -0.382 e. The van der Waals surface area contributed by atoms with Gasteiger partial charge in [0.1, 0.15) is 24.1 Å². The third-order valence-corrected chi connectivity index (χ3v) is 4.80. The Bertz CT molecular complexity index is 1060. The molecule has 0 spiro atoms. The molecule has 4 N–H and O–H groups in total. The third kappa shape index (κ3) is 3.28. The first-order chi connectivity index (χ1) is 13.4. The van der Waals surface area contributed by atoms with Gasteiger partial charge in [-0.05, 0) is 25.0 Å². The molecule has 9 nitrogen and oxygen atoms in total. The van der Waals surface area contributed by atoms with E-state index in [2.05, 4.69) is 20.1 Å². The summed E-state index contributed by atoms with van der Waals surface area (Å²) >= 11 is 0. The Kier molecular flexibility index (Phi) is 4.67. The van der Waals surface area contributed by atoms with E-state index in [1.54, 1.807) is 4.52 Å². The van der Waals surface area contributed by atoms with Gasteiger partial charge in [-0.2, -0.15) is 10.2 Å². The fraction of sp³-hybridized carbons (Fsp3) is 0.412.